The number of hydrogen-bond acceptors (Lipinski definition) is 3. The molecule has 0 aliphatic carbocycles. The monoisotopic (exact) mass is 242 g/mol. The molecule has 0 fully saturated rings. The predicted octanol–water partition coefficient (Wildman–Crippen LogP) is 1.60. The number of aromatic nitrogens is 1. The first-order valence-electron chi connectivity index (χ1n) is 5.17. The molecule has 0 amide bonds. The predicted molar refractivity (Wildman–Crippen MR) is 64.6 cm³/mol. The fourth-order valence-electron chi connectivity index (χ4n) is 1.24. The third kappa shape index (κ3) is 3.28. The SMILES string of the molecule is CC(C)c1cncc(CS(=O)(=O)N(C)C)c1. The molecule has 0 spiro atoms. The van der Waals surface area contributed by atoms with Crippen molar-refractivity contribution in [3.8, 4) is 0 Å². The number of pyridine rings is 1. The van der Waals surface area contributed by atoms with Gasteiger partial charge >= 0.3 is 0 Å². The molecule has 1 rings (SSSR count). The molecule has 0 aliphatic rings. The van der Waals surface area contributed by atoms with Crippen molar-refractivity contribution in [2.24, 2.45) is 0 Å². The van der Waals surface area contributed by atoms with Gasteiger partial charge in [0.2, 0.25) is 10.0 Å². The van der Waals surface area contributed by atoms with Crippen LogP contribution >= 0.6 is 0 Å². The molecule has 0 N–H and O–H groups in total. The lowest BCUT2D eigenvalue weighted by molar-refractivity contribution is 0.519. The second-order valence-electron chi connectivity index (χ2n) is 4.32. The second kappa shape index (κ2) is 4.93. The summed E-state index contributed by atoms with van der Waals surface area (Å²) in [6, 6.07) is 1.90. The highest BCUT2D eigenvalue weighted by molar-refractivity contribution is 7.88. The molecule has 1 heterocycles. The summed E-state index contributed by atoms with van der Waals surface area (Å²) >= 11 is 0. The van der Waals surface area contributed by atoms with E-state index in [9.17, 15) is 8.42 Å². The summed E-state index contributed by atoms with van der Waals surface area (Å²) in [6.45, 7) is 4.11. The van der Waals surface area contributed by atoms with Gasteiger partial charge in [0.05, 0.1) is 5.75 Å². The molecule has 0 radical (unpaired) electrons. The van der Waals surface area contributed by atoms with Gasteiger partial charge < -0.3 is 0 Å². The van der Waals surface area contributed by atoms with Crippen LogP contribution in [0.15, 0.2) is 18.5 Å². The second-order valence-corrected chi connectivity index (χ2v) is 6.50. The Morgan fingerprint density at radius 1 is 1.31 bits per heavy atom. The van der Waals surface area contributed by atoms with Gasteiger partial charge in [-0.3, -0.25) is 4.98 Å². The van der Waals surface area contributed by atoms with Gasteiger partial charge in [-0.2, -0.15) is 0 Å². The summed E-state index contributed by atoms with van der Waals surface area (Å²) < 4.78 is 24.6. The fourth-order valence-corrected chi connectivity index (χ4v) is 2.08. The van der Waals surface area contributed by atoms with E-state index in [1.165, 1.54) is 18.4 Å². The molecule has 90 valence electrons. The Labute approximate surface area is 97.4 Å². The van der Waals surface area contributed by atoms with E-state index in [1.807, 2.05) is 6.07 Å². The minimum atomic E-state index is -3.20. The molecule has 0 aromatic carbocycles. The maximum Gasteiger partial charge on any atom is 0.217 e. The lowest BCUT2D eigenvalue weighted by Gasteiger charge is -2.12. The van der Waals surface area contributed by atoms with Crippen LogP contribution in [-0.2, 0) is 15.8 Å². The normalized spacial score (nSPS) is 12.4. The van der Waals surface area contributed by atoms with Crippen LogP contribution in [-0.4, -0.2) is 31.8 Å². The average molecular weight is 242 g/mol. The minimum Gasteiger partial charge on any atom is -0.264 e. The van der Waals surface area contributed by atoms with Gasteiger partial charge in [0, 0.05) is 26.5 Å². The Morgan fingerprint density at radius 2 is 1.94 bits per heavy atom. The van der Waals surface area contributed by atoms with Crippen LogP contribution in [0.1, 0.15) is 30.9 Å². The Morgan fingerprint density at radius 3 is 2.44 bits per heavy atom. The van der Waals surface area contributed by atoms with E-state index < -0.39 is 10.0 Å². The summed E-state index contributed by atoms with van der Waals surface area (Å²) in [5, 5.41) is 0. The van der Waals surface area contributed by atoms with Crippen molar-refractivity contribution in [1.29, 1.82) is 0 Å². The molecule has 1 aromatic heterocycles. The molecular weight excluding hydrogens is 224 g/mol. The molecular formula is C11H18N2O2S. The number of nitrogens with zero attached hydrogens (tertiary/aromatic N) is 2. The summed E-state index contributed by atoms with van der Waals surface area (Å²) in [5.74, 6) is 0.364. The van der Waals surface area contributed by atoms with Crippen molar-refractivity contribution in [3.63, 3.8) is 0 Å². The third-order valence-electron chi connectivity index (χ3n) is 2.39. The maximum atomic E-state index is 11.7. The van der Waals surface area contributed by atoms with Crippen molar-refractivity contribution in [2.75, 3.05) is 14.1 Å². The summed E-state index contributed by atoms with van der Waals surface area (Å²) in [4.78, 5) is 4.07. The Balaban J connectivity index is 2.95. The summed E-state index contributed by atoms with van der Waals surface area (Å²) in [7, 11) is -0.127. The molecule has 1 aromatic rings. The van der Waals surface area contributed by atoms with Crippen LogP contribution in [0.25, 0.3) is 0 Å². The van der Waals surface area contributed by atoms with Gasteiger partial charge in [0.15, 0.2) is 0 Å². The molecule has 0 saturated carbocycles. The van der Waals surface area contributed by atoms with Crippen LogP contribution in [0.5, 0.6) is 0 Å². The van der Waals surface area contributed by atoms with E-state index >= 15 is 0 Å². The van der Waals surface area contributed by atoms with Crippen LogP contribution in [0.3, 0.4) is 0 Å². The average Bonchev–Trinajstić information content (AvgIpc) is 2.17. The quantitative estimate of drug-likeness (QED) is 0.805. The van der Waals surface area contributed by atoms with E-state index in [1.54, 1.807) is 12.4 Å². The van der Waals surface area contributed by atoms with E-state index in [4.69, 9.17) is 0 Å². The van der Waals surface area contributed by atoms with Gasteiger partial charge in [-0.25, -0.2) is 12.7 Å². The number of hydrogen-bond donors (Lipinski definition) is 0. The summed E-state index contributed by atoms with van der Waals surface area (Å²) in [5.41, 5.74) is 1.80. The largest absolute Gasteiger partial charge is 0.264 e. The highest BCUT2D eigenvalue weighted by Gasteiger charge is 2.15. The summed E-state index contributed by atoms with van der Waals surface area (Å²) in [6.07, 6.45) is 3.38. The third-order valence-corrected chi connectivity index (χ3v) is 4.20. The van der Waals surface area contributed by atoms with Gasteiger partial charge in [0.25, 0.3) is 0 Å². The van der Waals surface area contributed by atoms with Crippen molar-refractivity contribution in [1.82, 2.24) is 9.29 Å². The minimum absolute atomic E-state index is 0.00750. The Hall–Kier alpha value is -0.940. The molecule has 0 atom stereocenters. The standard InChI is InChI=1S/C11H18N2O2S/c1-9(2)11-5-10(6-12-7-11)8-16(14,15)13(3)4/h5-7,9H,8H2,1-4H3. The van der Waals surface area contributed by atoms with Crippen molar-refractivity contribution >= 4 is 10.0 Å². The maximum absolute atomic E-state index is 11.7. The highest BCUT2D eigenvalue weighted by Crippen LogP contribution is 2.16. The first-order chi connectivity index (χ1) is 7.33. The zero-order chi connectivity index (χ0) is 12.3. The highest BCUT2D eigenvalue weighted by atomic mass is 32.2. The lowest BCUT2D eigenvalue weighted by Crippen LogP contribution is -2.23. The smallest absolute Gasteiger partial charge is 0.217 e. The van der Waals surface area contributed by atoms with Crippen LogP contribution in [0, 0.1) is 0 Å². The zero-order valence-corrected chi connectivity index (χ0v) is 11.0. The van der Waals surface area contributed by atoms with E-state index in [0.29, 0.717) is 5.92 Å². The van der Waals surface area contributed by atoms with Gasteiger partial charge in [-0.05, 0) is 17.0 Å². The van der Waals surface area contributed by atoms with Crippen LogP contribution in [0.2, 0.25) is 0 Å². The zero-order valence-electron chi connectivity index (χ0n) is 10.1. The molecule has 0 saturated heterocycles. The fraction of sp³-hybridized carbons (Fsp3) is 0.545. The van der Waals surface area contributed by atoms with E-state index in [2.05, 4.69) is 18.8 Å². The first-order valence-corrected chi connectivity index (χ1v) is 6.78. The number of sulfonamides is 1. The Kier molecular flexibility index (Phi) is 4.04. The van der Waals surface area contributed by atoms with Crippen molar-refractivity contribution in [3.05, 3.63) is 29.6 Å². The molecule has 0 aliphatic heterocycles. The van der Waals surface area contributed by atoms with Crippen molar-refractivity contribution in [2.45, 2.75) is 25.5 Å². The topological polar surface area (TPSA) is 50.3 Å². The van der Waals surface area contributed by atoms with Gasteiger partial charge in [-0.15, -0.1) is 0 Å². The van der Waals surface area contributed by atoms with E-state index in [-0.39, 0.29) is 5.75 Å². The molecule has 5 heteroatoms. The van der Waals surface area contributed by atoms with Crippen LogP contribution < -0.4 is 0 Å². The molecule has 0 unspecified atom stereocenters. The van der Waals surface area contributed by atoms with E-state index in [0.717, 1.165) is 11.1 Å². The van der Waals surface area contributed by atoms with Crippen molar-refractivity contribution < 1.29 is 8.42 Å². The number of rotatable bonds is 4. The molecule has 4 nitrogen and oxygen atoms in total. The van der Waals surface area contributed by atoms with Gasteiger partial charge in [0.1, 0.15) is 0 Å². The first kappa shape index (κ1) is 13.1. The Bertz CT molecular complexity index is 453. The van der Waals surface area contributed by atoms with Crippen LogP contribution in [0.4, 0.5) is 0 Å². The molecule has 16 heavy (non-hydrogen) atoms. The van der Waals surface area contributed by atoms with Gasteiger partial charge in [-0.1, -0.05) is 19.9 Å². The molecule has 0 bridgehead atoms. The lowest BCUT2D eigenvalue weighted by atomic mass is 10.0.